The lowest BCUT2D eigenvalue weighted by molar-refractivity contribution is 0.101. The molecular weight excluding hydrogens is 275 g/mol. The number of hydrogen-bond donors (Lipinski definition) is 1. The number of benzene rings is 1. The standard InChI is InChI=1S/C12H10Cl2N2O2/c1-6-11(7(2)17)12(18)15-16(6)8-3-4-9(13)10(14)5-8/h3-5H,1-2H3,(H,15,18). The summed E-state index contributed by atoms with van der Waals surface area (Å²) in [5, 5.41) is 3.41. The Kier molecular flexibility index (Phi) is 3.32. The second-order valence-corrected chi connectivity index (χ2v) is 4.71. The summed E-state index contributed by atoms with van der Waals surface area (Å²) in [5.41, 5.74) is 0.935. The third-order valence-electron chi connectivity index (χ3n) is 2.65. The van der Waals surface area contributed by atoms with E-state index in [4.69, 9.17) is 23.2 Å². The van der Waals surface area contributed by atoms with E-state index in [1.165, 1.54) is 11.6 Å². The van der Waals surface area contributed by atoms with Crippen LogP contribution in [0.4, 0.5) is 0 Å². The zero-order valence-electron chi connectivity index (χ0n) is 9.75. The second kappa shape index (κ2) is 4.63. The SMILES string of the molecule is CC(=O)c1c(C)n(-c2ccc(Cl)c(Cl)c2)[nH]c1=O. The van der Waals surface area contributed by atoms with Gasteiger partial charge < -0.3 is 0 Å². The van der Waals surface area contributed by atoms with Crippen LogP contribution in [0.3, 0.4) is 0 Å². The number of halogens is 2. The van der Waals surface area contributed by atoms with Crippen molar-refractivity contribution in [1.82, 2.24) is 9.78 Å². The number of carbonyl (C=O) groups excluding carboxylic acids is 1. The minimum absolute atomic E-state index is 0.154. The predicted octanol–water partition coefficient (Wildman–Crippen LogP) is 2.98. The molecule has 0 aliphatic rings. The molecule has 1 aromatic carbocycles. The first kappa shape index (κ1) is 12.9. The van der Waals surface area contributed by atoms with Gasteiger partial charge in [-0.15, -0.1) is 0 Å². The fourth-order valence-corrected chi connectivity index (χ4v) is 2.11. The smallest absolute Gasteiger partial charge is 0.275 e. The highest BCUT2D eigenvalue weighted by molar-refractivity contribution is 6.42. The van der Waals surface area contributed by atoms with Gasteiger partial charge >= 0.3 is 0 Å². The molecule has 0 fully saturated rings. The molecule has 0 aliphatic carbocycles. The van der Waals surface area contributed by atoms with Crippen molar-refractivity contribution in [2.75, 3.05) is 0 Å². The number of ketones is 1. The quantitative estimate of drug-likeness (QED) is 0.862. The number of rotatable bonds is 2. The summed E-state index contributed by atoms with van der Waals surface area (Å²) < 4.78 is 1.52. The Bertz CT molecular complexity index is 686. The highest BCUT2D eigenvalue weighted by Crippen LogP contribution is 2.24. The van der Waals surface area contributed by atoms with E-state index in [2.05, 4.69) is 5.10 Å². The molecule has 1 aromatic heterocycles. The number of aromatic amines is 1. The maximum Gasteiger partial charge on any atom is 0.275 e. The van der Waals surface area contributed by atoms with Crippen LogP contribution in [0.5, 0.6) is 0 Å². The van der Waals surface area contributed by atoms with Crippen molar-refractivity contribution < 1.29 is 4.79 Å². The fraction of sp³-hybridized carbons (Fsp3) is 0.167. The molecule has 0 saturated heterocycles. The van der Waals surface area contributed by atoms with Crippen molar-refractivity contribution in [2.45, 2.75) is 13.8 Å². The van der Waals surface area contributed by atoms with Crippen molar-refractivity contribution in [2.24, 2.45) is 0 Å². The minimum Gasteiger partial charge on any atom is -0.294 e. The van der Waals surface area contributed by atoms with Crippen LogP contribution < -0.4 is 5.56 Å². The van der Waals surface area contributed by atoms with Gasteiger partial charge in [0.2, 0.25) is 0 Å². The highest BCUT2D eigenvalue weighted by Gasteiger charge is 2.16. The summed E-state index contributed by atoms with van der Waals surface area (Å²) in [6.45, 7) is 3.05. The number of carbonyl (C=O) groups is 1. The molecule has 0 saturated carbocycles. The molecule has 0 amide bonds. The molecule has 94 valence electrons. The Morgan fingerprint density at radius 1 is 1.28 bits per heavy atom. The maximum atomic E-state index is 11.7. The van der Waals surface area contributed by atoms with Crippen LogP contribution in [0.25, 0.3) is 5.69 Å². The number of H-pyrrole nitrogens is 1. The third kappa shape index (κ3) is 2.09. The molecule has 18 heavy (non-hydrogen) atoms. The van der Waals surface area contributed by atoms with Gasteiger partial charge in [-0.2, -0.15) is 0 Å². The molecule has 0 spiro atoms. The van der Waals surface area contributed by atoms with Crippen LogP contribution in [0.2, 0.25) is 10.0 Å². The molecule has 2 aromatic rings. The van der Waals surface area contributed by atoms with Crippen LogP contribution in [0, 0.1) is 6.92 Å². The van der Waals surface area contributed by atoms with E-state index in [9.17, 15) is 9.59 Å². The van der Waals surface area contributed by atoms with Crippen molar-refractivity contribution in [3.8, 4) is 5.69 Å². The lowest BCUT2D eigenvalue weighted by Crippen LogP contribution is -2.10. The molecular formula is C12H10Cl2N2O2. The van der Waals surface area contributed by atoms with E-state index in [-0.39, 0.29) is 11.3 Å². The second-order valence-electron chi connectivity index (χ2n) is 3.89. The summed E-state index contributed by atoms with van der Waals surface area (Å²) >= 11 is 11.7. The molecule has 1 N–H and O–H groups in total. The lowest BCUT2D eigenvalue weighted by atomic mass is 10.2. The van der Waals surface area contributed by atoms with Gasteiger partial charge in [-0.25, -0.2) is 0 Å². The Balaban J connectivity index is 2.65. The number of aromatic nitrogens is 2. The maximum absolute atomic E-state index is 11.7. The van der Waals surface area contributed by atoms with Crippen LogP contribution in [-0.2, 0) is 0 Å². The zero-order valence-corrected chi connectivity index (χ0v) is 11.3. The monoisotopic (exact) mass is 284 g/mol. The van der Waals surface area contributed by atoms with Gasteiger partial charge in [-0.05, 0) is 32.0 Å². The first-order valence-electron chi connectivity index (χ1n) is 5.20. The van der Waals surface area contributed by atoms with Crippen molar-refractivity contribution in [3.05, 3.63) is 49.9 Å². The van der Waals surface area contributed by atoms with Gasteiger partial charge in [-0.3, -0.25) is 19.4 Å². The summed E-state index contributed by atoms with van der Waals surface area (Å²) in [6, 6.07) is 4.96. The Morgan fingerprint density at radius 3 is 2.44 bits per heavy atom. The Morgan fingerprint density at radius 2 is 1.94 bits per heavy atom. The van der Waals surface area contributed by atoms with E-state index < -0.39 is 5.56 Å². The lowest BCUT2D eigenvalue weighted by Gasteiger charge is -2.06. The topological polar surface area (TPSA) is 54.9 Å². The van der Waals surface area contributed by atoms with E-state index >= 15 is 0 Å². The molecule has 0 unspecified atom stereocenters. The third-order valence-corrected chi connectivity index (χ3v) is 3.39. The van der Waals surface area contributed by atoms with Gasteiger partial charge in [0.05, 0.1) is 21.4 Å². The largest absolute Gasteiger partial charge is 0.294 e. The van der Waals surface area contributed by atoms with E-state index in [1.54, 1.807) is 25.1 Å². The molecule has 4 nitrogen and oxygen atoms in total. The number of nitrogens with one attached hydrogen (secondary N) is 1. The molecule has 0 aliphatic heterocycles. The van der Waals surface area contributed by atoms with Gasteiger partial charge in [-0.1, -0.05) is 23.2 Å². The highest BCUT2D eigenvalue weighted by atomic mass is 35.5. The predicted molar refractivity (Wildman–Crippen MR) is 71.2 cm³/mol. The van der Waals surface area contributed by atoms with Crippen LogP contribution in [-0.4, -0.2) is 15.6 Å². The van der Waals surface area contributed by atoms with Crippen LogP contribution in [0.1, 0.15) is 23.0 Å². The van der Waals surface area contributed by atoms with E-state index in [1.807, 2.05) is 0 Å². The average Bonchev–Trinajstić information content (AvgIpc) is 2.58. The fourth-order valence-electron chi connectivity index (χ4n) is 1.81. The number of hydrogen-bond acceptors (Lipinski definition) is 2. The molecule has 6 heteroatoms. The van der Waals surface area contributed by atoms with Gasteiger partial charge in [0, 0.05) is 0 Å². The zero-order chi connectivity index (χ0) is 13.4. The average molecular weight is 285 g/mol. The molecule has 0 radical (unpaired) electrons. The van der Waals surface area contributed by atoms with Gasteiger partial charge in [0.15, 0.2) is 5.78 Å². The first-order valence-corrected chi connectivity index (χ1v) is 5.95. The van der Waals surface area contributed by atoms with Gasteiger partial charge in [0.25, 0.3) is 5.56 Å². The summed E-state index contributed by atoms with van der Waals surface area (Å²) in [7, 11) is 0. The van der Waals surface area contributed by atoms with Crippen LogP contribution in [0.15, 0.2) is 23.0 Å². The van der Waals surface area contributed by atoms with Crippen molar-refractivity contribution in [1.29, 1.82) is 0 Å². The number of nitrogens with zero attached hydrogens (tertiary/aromatic N) is 1. The van der Waals surface area contributed by atoms with Gasteiger partial charge in [0.1, 0.15) is 5.56 Å². The van der Waals surface area contributed by atoms with Crippen LogP contribution >= 0.6 is 23.2 Å². The molecule has 1 heterocycles. The van der Waals surface area contributed by atoms with Crippen molar-refractivity contribution in [3.63, 3.8) is 0 Å². The van der Waals surface area contributed by atoms with Crippen molar-refractivity contribution >= 4 is 29.0 Å². The molecule has 0 bridgehead atoms. The molecule has 0 atom stereocenters. The summed E-state index contributed by atoms with van der Waals surface area (Å²) in [5.74, 6) is -0.271. The first-order chi connectivity index (χ1) is 8.41. The molecule has 2 rings (SSSR count). The summed E-state index contributed by atoms with van der Waals surface area (Å²) in [4.78, 5) is 23.0. The summed E-state index contributed by atoms with van der Waals surface area (Å²) in [6.07, 6.45) is 0. The minimum atomic E-state index is -0.411. The Labute approximate surface area is 113 Å². The normalized spacial score (nSPS) is 10.7. The number of Topliss-reactive ketones (excluding diaryl/α,β-unsaturated/α-hetero) is 1. The Hall–Kier alpha value is -1.52. The van der Waals surface area contributed by atoms with E-state index in [0.29, 0.717) is 21.4 Å². The van der Waals surface area contributed by atoms with E-state index in [0.717, 1.165) is 0 Å².